The highest BCUT2D eigenvalue weighted by atomic mass is 16.5. The average molecular weight is 274 g/mol. The first-order chi connectivity index (χ1) is 9.30. The molecule has 0 aliphatic rings. The Morgan fingerprint density at radius 2 is 1.75 bits per heavy atom. The predicted molar refractivity (Wildman–Crippen MR) is 82.9 cm³/mol. The molecule has 0 aromatic heterocycles. The van der Waals surface area contributed by atoms with Gasteiger partial charge in [-0.1, -0.05) is 32.9 Å². The Labute approximate surface area is 123 Å². The van der Waals surface area contributed by atoms with Gasteiger partial charge in [-0.3, -0.25) is 0 Å². The first-order valence-corrected chi connectivity index (χ1v) is 7.14. The summed E-state index contributed by atoms with van der Waals surface area (Å²) < 4.78 is 5.72. The second-order valence-electron chi connectivity index (χ2n) is 6.42. The van der Waals surface area contributed by atoms with Crippen molar-refractivity contribution in [1.29, 1.82) is 5.26 Å². The number of ether oxygens (including phenoxy) is 1. The average Bonchev–Trinajstić information content (AvgIpc) is 2.43. The van der Waals surface area contributed by atoms with Gasteiger partial charge in [0.15, 0.2) is 0 Å². The molecule has 0 amide bonds. The van der Waals surface area contributed by atoms with Crippen LogP contribution in [0, 0.1) is 11.3 Å². The summed E-state index contributed by atoms with van der Waals surface area (Å²) in [6.07, 6.45) is 1.63. The summed E-state index contributed by atoms with van der Waals surface area (Å²) in [6.45, 7) is 9.13. The summed E-state index contributed by atoms with van der Waals surface area (Å²) in [5.41, 5.74) is 1.01. The molecular formula is C17H26N2O. The largest absolute Gasteiger partial charge is 0.494 e. The quantitative estimate of drug-likeness (QED) is 0.805. The van der Waals surface area contributed by atoms with Crippen molar-refractivity contribution in [3.05, 3.63) is 29.8 Å². The molecular weight excluding hydrogens is 248 g/mol. The lowest BCUT2D eigenvalue weighted by Gasteiger charge is -2.21. The zero-order valence-electron chi connectivity index (χ0n) is 13.3. The number of hydrogen-bond donors (Lipinski definition) is 1. The fraction of sp³-hybridized carbons (Fsp3) is 0.588. The normalized spacial score (nSPS) is 14.4. The van der Waals surface area contributed by atoms with Crippen molar-refractivity contribution in [2.75, 3.05) is 13.7 Å². The number of hydrogen-bond acceptors (Lipinski definition) is 3. The van der Waals surface area contributed by atoms with E-state index < -0.39 is 5.54 Å². The zero-order valence-corrected chi connectivity index (χ0v) is 13.3. The summed E-state index contributed by atoms with van der Waals surface area (Å²) in [5, 5.41) is 12.1. The lowest BCUT2D eigenvalue weighted by molar-refractivity contribution is 0.288. The van der Waals surface area contributed by atoms with Crippen LogP contribution in [-0.2, 0) is 5.41 Å². The van der Waals surface area contributed by atoms with E-state index in [1.807, 2.05) is 26.1 Å². The molecule has 1 rings (SSSR count). The van der Waals surface area contributed by atoms with Crippen LogP contribution >= 0.6 is 0 Å². The third kappa shape index (κ3) is 4.86. The van der Waals surface area contributed by atoms with Crippen LogP contribution in [-0.4, -0.2) is 19.2 Å². The molecule has 0 saturated carbocycles. The van der Waals surface area contributed by atoms with E-state index in [0.717, 1.165) is 18.6 Å². The van der Waals surface area contributed by atoms with E-state index in [4.69, 9.17) is 10.00 Å². The second-order valence-corrected chi connectivity index (χ2v) is 6.42. The molecule has 1 unspecified atom stereocenters. The maximum atomic E-state index is 9.06. The summed E-state index contributed by atoms with van der Waals surface area (Å²) in [4.78, 5) is 0. The fourth-order valence-corrected chi connectivity index (χ4v) is 1.90. The molecule has 0 bridgehead atoms. The molecule has 1 atom stereocenters. The topological polar surface area (TPSA) is 45.0 Å². The van der Waals surface area contributed by atoms with Gasteiger partial charge in [0.1, 0.15) is 11.3 Å². The molecule has 0 fully saturated rings. The van der Waals surface area contributed by atoms with Gasteiger partial charge in [-0.2, -0.15) is 5.26 Å². The predicted octanol–water partition coefficient (Wildman–Crippen LogP) is 3.64. The van der Waals surface area contributed by atoms with Crippen LogP contribution in [0.2, 0.25) is 0 Å². The standard InChI is InChI=1S/C17H26N2O/c1-16(2,3)14-7-9-15(10-8-14)20-12-6-11-17(4,13-18)19-5/h7-10,19H,6,11-12H2,1-5H3. The third-order valence-electron chi connectivity index (χ3n) is 3.61. The van der Waals surface area contributed by atoms with E-state index in [0.29, 0.717) is 6.61 Å². The fourth-order valence-electron chi connectivity index (χ4n) is 1.90. The molecule has 0 spiro atoms. The van der Waals surface area contributed by atoms with E-state index in [-0.39, 0.29) is 5.41 Å². The van der Waals surface area contributed by atoms with Crippen molar-refractivity contribution in [3.63, 3.8) is 0 Å². The highest BCUT2D eigenvalue weighted by Crippen LogP contribution is 2.24. The summed E-state index contributed by atoms with van der Waals surface area (Å²) >= 11 is 0. The van der Waals surface area contributed by atoms with Gasteiger partial charge in [-0.25, -0.2) is 0 Å². The van der Waals surface area contributed by atoms with Crippen molar-refractivity contribution in [3.8, 4) is 11.8 Å². The Hall–Kier alpha value is -1.53. The van der Waals surface area contributed by atoms with Gasteiger partial charge in [0.05, 0.1) is 12.7 Å². The van der Waals surface area contributed by atoms with Crippen LogP contribution in [0.3, 0.4) is 0 Å². The van der Waals surface area contributed by atoms with Gasteiger partial charge in [0.25, 0.3) is 0 Å². The molecule has 0 heterocycles. The molecule has 1 N–H and O–H groups in total. The Kier molecular flexibility index (Phi) is 5.59. The van der Waals surface area contributed by atoms with Gasteiger partial charge in [-0.15, -0.1) is 0 Å². The second kappa shape index (κ2) is 6.76. The maximum absolute atomic E-state index is 9.06. The molecule has 0 saturated heterocycles. The Morgan fingerprint density at radius 3 is 2.20 bits per heavy atom. The highest BCUT2D eigenvalue weighted by molar-refractivity contribution is 5.31. The first kappa shape index (κ1) is 16.5. The van der Waals surface area contributed by atoms with Gasteiger partial charge in [-0.05, 0) is 49.9 Å². The number of rotatable bonds is 6. The minimum atomic E-state index is -0.459. The smallest absolute Gasteiger partial charge is 0.119 e. The zero-order chi connectivity index (χ0) is 15.2. The Morgan fingerprint density at radius 1 is 1.15 bits per heavy atom. The van der Waals surface area contributed by atoms with E-state index in [1.165, 1.54) is 5.56 Å². The lowest BCUT2D eigenvalue weighted by atomic mass is 9.87. The van der Waals surface area contributed by atoms with Gasteiger partial charge >= 0.3 is 0 Å². The molecule has 3 nitrogen and oxygen atoms in total. The van der Waals surface area contributed by atoms with Crippen LogP contribution < -0.4 is 10.1 Å². The minimum absolute atomic E-state index is 0.167. The van der Waals surface area contributed by atoms with Gasteiger partial charge < -0.3 is 10.1 Å². The monoisotopic (exact) mass is 274 g/mol. The van der Waals surface area contributed by atoms with Gasteiger partial charge in [0, 0.05) is 0 Å². The summed E-state index contributed by atoms with van der Waals surface area (Å²) in [5.74, 6) is 0.890. The maximum Gasteiger partial charge on any atom is 0.119 e. The molecule has 3 heteroatoms. The van der Waals surface area contributed by atoms with E-state index >= 15 is 0 Å². The van der Waals surface area contributed by atoms with Crippen molar-refractivity contribution in [2.24, 2.45) is 0 Å². The molecule has 1 aromatic carbocycles. The van der Waals surface area contributed by atoms with Gasteiger partial charge in [0.2, 0.25) is 0 Å². The molecule has 20 heavy (non-hydrogen) atoms. The van der Waals surface area contributed by atoms with Crippen LogP contribution in [0.25, 0.3) is 0 Å². The van der Waals surface area contributed by atoms with Crippen LogP contribution in [0.1, 0.15) is 46.1 Å². The summed E-state index contributed by atoms with van der Waals surface area (Å²) in [7, 11) is 1.81. The molecule has 1 aromatic rings. The van der Waals surface area contributed by atoms with Crippen molar-refractivity contribution >= 4 is 0 Å². The number of benzene rings is 1. The van der Waals surface area contributed by atoms with Crippen LogP contribution in [0.4, 0.5) is 0 Å². The first-order valence-electron chi connectivity index (χ1n) is 7.14. The SMILES string of the molecule is CNC(C)(C#N)CCCOc1ccc(C(C)(C)C)cc1. The summed E-state index contributed by atoms with van der Waals surface area (Å²) in [6, 6.07) is 10.5. The van der Waals surface area contributed by atoms with E-state index in [1.54, 1.807) is 0 Å². The van der Waals surface area contributed by atoms with E-state index in [9.17, 15) is 0 Å². The Balaban J connectivity index is 2.42. The van der Waals surface area contributed by atoms with Crippen molar-refractivity contribution in [2.45, 2.75) is 51.5 Å². The highest BCUT2D eigenvalue weighted by Gasteiger charge is 2.20. The Bertz CT molecular complexity index is 453. The van der Waals surface area contributed by atoms with Crippen molar-refractivity contribution < 1.29 is 4.74 Å². The van der Waals surface area contributed by atoms with Crippen LogP contribution in [0.15, 0.2) is 24.3 Å². The number of nitrogens with zero attached hydrogens (tertiary/aromatic N) is 1. The number of nitriles is 1. The van der Waals surface area contributed by atoms with Crippen LogP contribution in [0.5, 0.6) is 5.75 Å². The number of nitrogens with one attached hydrogen (secondary N) is 1. The molecule has 0 radical (unpaired) electrons. The molecule has 0 aliphatic carbocycles. The molecule has 0 aliphatic heterocycles. The van der Waals surface area contributed by atoms with E-state index in [2.05, 4.69) is 44.3 Å². The lowest BCUT2D eigenvalue weighted by Crippen LogP contribution is -2.38. The van der Waals surface area contributed by atoms with Crippen molar-refractivity contribution in [1.82, 2.24) is 5.32 Å². The minimum Gasteiger partial charge on any atom is -0.494 e. The molecule has 110 valence electrons. The third-order valence-corrected chi connectivity index (χ3v) is 3.61.